The van der Waals surface area contributed by atoms with Gasteiger partial charge in [0.1, 0.15) is 11.7 Å². The Labute approximate surface area is 163 Å². The molecule has 29 heavy (non-hydrogen) atoms. The second-order valence-corrected chi connectivity index (χ2v) is 6.95. The summed E-state index contributed by atoms with van der Waals surface area (Å²) < 4.78 is 66.0. The average Bonchev–Trinajstić information content (AvgIpc) is 2.96. The first-order chi connectivity index (χ1) is 13.5. The van der Waals surface area contributed by atoms with Gasteiger partial charge in [0, 0.05) is 25.1 Å². The fourth-order valence-corrected chi connectivity index (χ4v) is 3.38. The van der Waals surface area contributed by atoms with Crippen LogP contribution in [-0.4, -0.2) is 30.3 Å². The third kappa shape index (κ3) is 3.94. The Bertz CT molecular complexity index is 957. The summed E-state index contributed by atoms with van der Waals surface area (Å²) in [5.74, 6) is -5.04. The summed E-state index contributed by atoms with van der Waals surface area (Å²) in [6, 6.07) is 6.26. The molecule has 0 bridgehead atoms. The topological polar surface area (TPSA) is 49.4 Å². The van der Waals surface area contributed by atoms with E-state index in [1.807, 2.05) is 0 Å². The van der Waals surface area contributed by atoms with Crippen LogP contribution in [0.5, 0.6) is 0 Å². The Hall–Kier alpha value is -2.97. The molecule has 1 heterocycles. The van der Waals surface area contributed by atoms with Gasteiger partial charge in [-0.3, -0.25) is 9.59 Å². The molecule has 1 saturated heterocycles. The van der Waals surface area contributed by atoms with Crippen molar-refractivity contribution in [1.82, 2.24) is 4.90 Å². The number of nitrogens with zero attached hydrogens (tertiary/aromatic N) is 1. The third-order valence-electron chi connectivity index (χ3n) is 5.04. The predicted molar refractivity (Wildman–Crippen MR) is 95.0 cm³/mol. The van der Waals surface area contributed by atoms with Crippen LogP contribution < -0.4 is 5.32 Å². The zero-order chi connectivity index (χ0) is 21.5. The van der Waals surface area contributed by atoms with E-state index in [1.165, 1.54) is 31.0 Å². The molecule has 4 nitrogen and oxygen atoms in total. The first kappa shape index (κ1) is 20.8. The molecule has 0 saturated carbocycles. The standard InChI is InChI=1S/C20H17F5N2O2/c1-10-14(21)7-8-15(17(10)22)26-18(28)16-13(9-27(2)19(16)29)11-3-5-12(6-4-11)20(23,24)25/h3-8,13,16H,9H2,1-2H3,(H,26,28)/t13-,16+/m0/s1. The van der Waals surface area contributed by atoms with Gasteiger partial charge in [0.05, 0.1) is 11.3 Å². The van der Waals surface area contributed by atoms with Crippen molar-refractivity contribution in [3.63, 3.8) is 0 Å². The minimum atomic E-state index is -4.50. The Kier molecular flexibility index (Phi) is 5.34. The quantitative estimate of drug-likeness (QED) is 0.610. The zero-order valence-electron chi connectivity index (χ0n) is 15.5. The number of anilines is 1. The molecule has 1 N–H and O–H groups in total. The Balaban J connectivity index is 1.88. The summed E-state index contributed by atoms with van der Waals surface area (Å²) in [7, 11) is 1.47. The van der Waals surface area contributed by atoms with Crippen molar-refractivity contribution in [2.24, 2.45) is 5.92 Å². The zero-order valence-corrected chi connectivity index (χ0v) is 15.5. The lowest BCUT2D eigenvalue weighted by atomic mass is 9.87. The molecular formula is C20H17F5N2O2. The number of carbonyl (C=O) groups is 2. The second-order valence-electron chi connectivity index (χ2n) is 6.95. The van der Waals surface area contributed by atoms with Gasteiger partial charge in [-0.15, -0.1) is 0 Å². The van der Waals surface area contributed by atoms with E-state index in [0.717, 1.165) is 24.3 Å². The van der Waals surface area contributed by atoms with E-state index in [0.29, 0.717) is 5.56 Å². The highest BCUT2D eigenvalue weighted by molar-refractivity contribution is 6.08. The SMILES string of the molecule is Cc1c(F)ccc(NC(=O)[C@@H]2C(=O)N(C)C[C@H]2c2ccc(C(F)(F)F)cc2)c1F. The molecule has 0 aliphatic carbocycles. The van der Waals surface area contributed by atoms with Crippen molar-refractivity contribution >= 4 is 17.5 Å². The van der Waals surface area contributed by atoms with E-state index < -0.39 is 47.0 Å². The third-order valence-corrected chi connectivity index (χ3v) is 5.04. The van der Waals surface area contributed by atoms with Gasteiger partial charge in [0.2, 0.25) is 11.8 Å². The number of hydrogen-bond donors (Lipinski definition) is 1. The molecule has 2 aromatic carbocycles. The smallest absolute Gasteiger partial charge is 0.344 e. The lowest BCUT2D eigenvalue weighted by Gasteiger charge is -2.18. The van der Waals surface area contributed by atoms with Gasteiger partial charge in [0.15, 0.2) is 5.82 Å². The maximum Gasteiger partial charge on any atom is 0.416 e. The minimum Gasteiger partial charge on any atom is -0.344 e. The fourth-order valence-electron chi connectivity index (χ4n) is 3.38. The van der Waals surface area contributed by atoms with Crippen LogP contribution in [0.15, 0.2) is 36.4 Å². The fraction of sp³-hybridized carbons (Fsp3) is 0.300. The van der Waals surface area contributed by atoms with Gasteiger partial charge < -0.3 is 10.2 Å². The van der Waals surface area contributed by atoms with Gasteiger partial charge >= 0.3 is 6.18 Å². The van der Waals surface area contributed by atoms with Crippen LogP contribution in [0.2, 0.25) is 0 Å². The second kappa shape index (κ2) is 7.46. The molecule has 3 rings (SSSR count). The minimum absolute atomic E-state index is 0.118. The van der Waals surface area contributed by atoms with E-state index in [9.17, 15) is 31.5 Å². The number of amides is 2. The van der Waals surface area contributed by atoms with Gasteiger partial charge in [0.25, 0.3) is 0 Å². The molecule has 0 radical (unpaired) electrons. The van der Waals surface area contributed by atoms with Crippen LogP contribution >= 0.6 is 0 Å². The Morgan fingerprint density at radius 1 is 1.10 bits per heavy atom. The number of rotatable bonds is 3. The van der Waals surface area contributed by atoms with Crippen LogP contribution in [-0.2, 0) is 15.8 Å². The van der Waals surface area contributed by atoms with E-state index in [4.69, 9.17) is 0 Å². The van der Waals surface area contributed by atoms with Crippen molar-refractivity contribution in [3.8, 4) is 0 Å². The summed E-state index contributed by atoms with van der Waals surface area (Å²) in [5.41, 5.74) is -1.02. The molecule has 2 amide bonds. The monoisotopic (exact) mass is 412 g/mol. The molecule has 0 spiro atoms. The number of likely N-dealkylation sites (N-methyl/N-ethyl adjacent to an activating group) is 1. The number of halogens is 5. The lowest BCUT2D eigenvalue weighted by Crippen LogP contribution is -2.33. The number of nitrogens with one attached hydrogen (secondary N) is 1. The first-order valence-corrected chi connectivity index (χ1v) is 8.68. The van der Waals surface area contributed by atoms with Crippen molar-refractivity contribution in [2.75, 3.05) is 18.9 Å². The molecule has 0 aromatic heterocycles. The molecule has 2 aromatic rings. The highest BCUT2D eigenvalue weighted by Crippen LogP contribution is 2.36. The van der Waals surface area contributed by atoms with Crippen molar-refractivity contribution < 1.29 is 31.5 Å². The van der Waals surface area contributed by atoms with Gasteiger partial charge in [-0.1, -0.05) is 12.1 Å². The normalized spacial score (nSPS) is 19.6. The molecular weight excluding hydrogens is 395 g/mol. The number of hydrogen-bond acceptors (Lipinski definition) is 2. The van der Waals surface area contributed by atoms with Crippen molar-refractivity contribution in [1.29, 1.82) is 0 Å². The number of benzene rings is 2. The van der Waals surface area contributed by atoms with E-state index in [1.54, 1.807) is 0 Å². The van der Waals surface area contributed by atoms with Crippen molar-refractivity contribution in [3.05, 3.63) is 64.7 Å². The number of likely N-dealkylation sites (tertiary alicyclic amines) is 1. The highest BCUT2D eigenvalue weighted by Gasteiger charge is 2.44. The summed E-state index contributed by atoms with van der Waals surface area (Å²) >= 11 is 0. The van der Waals surface area contributed by atoms with E-state index in [-0.39, 0.29) is 17.8 Å². The Morgan fingerprint density at radius 3 is 2.31 bits per heavy atom. The molecule has 1 fully saturated rings. The van der Waals surface area contributed by atoms with Gasteiger partial charge in [-0.2, -0.15) is 13.2 Å². The highest BCUT2D eigenvalue weighted by atomic mass is 19.4. The summed E-state index contributed by atoms with van der Waals surface area (Å²) in [5, 5.41) is 2.30. The van der Waals surface area contributed by atoms with Crippen LogP contribution in [0.3, 0.4) is 0 Å². The molecule has 9 heteroatoms. The van der Waals surface area contributed by atoms with Crippen molar-refractivity contribution in [2.45, 2.75) is 19.0 Å². The molecule has 1 aliphatic heterocycles. The van der Waals surface area contributed by atoms with E-state index in [2.05, 4.69) is 5.32 Å². The summed E-state index contributed by atoms with van der Waals surface area (Å²) in [6.45, 7) is 1.33. The molecule has 1 aliphatic rings. The number of carbonyl (C=O) groups excluding carboxylic acids is 2. The van der Waals surface area contributed by atoms with Gasteiger partial charge in [-0.05, 0) is 36.8 Å². The van der Waals surface area contributed by atoms with Gasteiger partial charge in [-0.25, -0.2) is 8.78 Å². The molecule has 154 valence electrons. The van der Waals surface area contributed by atoms with Crippen LogP contribution in [0.25, 0.3) is 0 Å². The van der Waals surface area contributed by atoms with Crippen LogP contribution in [0, 0.1) is 24.5 Å². The molecule has 2 atom stereocenters. The summed E-state index contributed by atoms with van der Waals surface area (Å²) in [4.78, 5) is 26.5. The summed E-state index contributed by atoms with van der Waals surface area (Å²) in [6.07, 6.45) is -4.50. The largest absolute Gasteiger partial charge is 0.416 e. The lowest BCUT2D eigenvalue weighted by molar-refractivity contribution is -0.138. The van der Waals surface area contributed by atoms with Crippen LogP contribution in [0.4, 0.5) is 27.6 Å². The van der Waals surface area contributed by atoms with Crippen LogP contribution in [0.1, 0.15) is 22.6 Å². The Morgan fingerprint density at radius 2 is 1.72 bits per heavy atom. The number of alkyl halides is 3. The average molecular weight is 412 g/mol. The van der Waals surface area contributed by atoms with E-state index >= 15 is 0 Å². The maximum absolute atomic E-state index is 14.2. The maximum atomic E-state index is 14.2. The first-order valence-electron chi connectivity index (χ1n) is 8.68. The predicted octanol–water partition coefficient (Wildman–Crippen LogP) is 4.10. The molecule has 0 unspecified atom stereocenters.